The quantitative estimate of drug-likeness (QED) is 0.285. The lowest BCUT2D eigenvalue weighted by Crippen LogP contribution is -2.62. The van der Waals surface area contributed by atoms with Crippen LogP contribution < -0.4 is 10.6 Å². The Kier molecular flexibility index (Phi) is 10.6. The van der Waals surface area contributed by atoms with E-state index in [-0.39, 0.29) is 12.1 Å². The summed E-state index contributed by atoms with van der Waals surface area (Å²) >= 11 is 0. The van der Waals surface area contributed by atoms with Gasteiger partial charge in [-0.1, -0.05) is 44.8 Å². The molecule has 0 aromatic rings. The fraction of sp³-hybridized carbons (Fsp3) is 0.762. The highest BCUT2D eigenvalue weighted by molar-refractivity contribution is 5.72. The maximum atomic E-state index is 11.4. The third-order valence-corrected chi connectivity index (χ3v) is 5.37. The van der Waals surface area contributed by atoms with Crippen molar-refractivity contribution in [2.45, 2.75) is 97.8 Å². The van der Waals surface area contributed by atoms with Gasteiger partial charge in [-0.25, -0.2) is 0 Å². The zero-order valence-electron chi connectivity index (χ0n) is 16.9. The van der Waals surface area contributed by atoms with Gasteiger partial charge in [-0.2, -0.15) is 0 Å². The van der Waals surface area contributed by atoms with E-state index in [0.717, 1.165) is 17.4 Å². The van der Waals surface area contributed by atoms with Crippen molar-refractivity contribution >= 4 is 5.91 Å². The molecular weight excluding hydrogens is 310 g/mol. The molecule has 0 aromatic carbocycles. The first-order chi connectivity index (χ1) is 12.1. The molecule has 0 aromatic heterocycles. The molecule has 0 radical (unpaired) electrons. The Morgan fingerprint density at radius 2 is 1.84 bits per heavy atom. The van der Waals surface area contributed by atoms with Gasteiger partial charge in [-0.05, 0) is 32.6 Å². The summed E-state index contributed by atoms with van der Waals surface area (Å²) in [5, 5.41) is 6.60. The van der Waals surface area contributed by atoms with Crippen molar-refractivity contribution in [1.82, 2.24) is 10.6 Å². The first kappa shape index (κ1) is 21.8. The van der Waals surface area contributed by atoms with Gasteiger partial charge >= 0.3 is 0 Å². The molecule has 1 aliphatic rings. The molecule has 3 unspecified atom stereocenters. The lowest BCUT2D eigenvalue weighted by atomic mass is 10.1. The van der Waals surface area contributed by atoms with Crippen molar-refractivity contribution in [2.24, 2.45) is 0 Å². The van der Waals surface area contributed by atoms with E-state index in [1.54, 1.807) is 6.92 Å². The van der Waals surface area contributed by atoms with Gasteiger partial charge in [-0.3, -0.25) is 9.28 Å². The van der Waals surface area contributed by atoms with Crippen molar-refractivity contribution in [2.75, 3.05) is 6.54 Å². The molecule has 3 atom stereocenters. The molecule has 1 amide bonds. The van der Waals surface area contributed by atoms with Gasteiger partial charge in [0.1, 0.15) is 6.20 Å². The molecule has 1 aliphatic heterocycles. The van der Waals surface area contributed by atoms with Crippen molar-refractivity contribution in [1.29, 1.82) is 0 Å². The number of hydrogen-bond donors (Lipinski definition) is 2. The molecule has 0 spiro atoms. The predicted molar refractivity (Wildman–Crippen MR) is 107 cm³/mol. The Morgan fingerprint density at radius 1 is 1.16 bits per heavy atom. The second-order valence-corrected chi connectivity index (χ2v) is 7.29. The van der Waals surface area contributed by atoms with Gasteiger partial charge in [0.05, 0.1) is 12.7 Å². The molecule has 1 rings (SSSR count). The maximum Gasteiger partial charge on any atom is 0.221 e. The molecule has 0 fully saturated rings. The molecule has 1 heterocycles. The van der Waals surface area contributed by atoms with Crippen LogP contribution in [0.3, 0.4) is 0 Å². The Bertz CT molecular complexity index is 433. The van der Waals surface area contributed by atoms with E-state index < -0.39 is 0 Å². The average molecular weight is 351 g/mol. The number of unbranched alkanes of at least 4 members (excludes halogenated alkanes) is 6. The summed E-state index contributed by atoms with van der Waals surface area (Å²) < 4.78 is 0.807. The van der Waals surface area contributed by atoms with Crippen molar-refractivity contribution < 1.29 is 9.28 Å². The Hall–Kier alpha value is -1.29. The maximum absolute atomic E-state index is 11.4. The highest BCUT2D eigenvalue weighted by atomic mass is 16.1. The highest BCUT2D eigenvalue weighted by Gasteiger charge is 2.41. The number of nitrogens with one attached hydrogen (secondary N) is 2. The second kappa shape index (κ2) is 12.1. The molecule has 0 bridgehead atoms. The third-order valence-electron chi connectivity index (χ3n) is 5.37. The zero-order chi connectivity index (χ0) is 18.5. The van der Waals surface area contributed by atoms with Gasteiger partial charge in [0.2, 0.25) is 5.91 Å². The first-order valence-electron chi connectivity index (χ1n) is 10.3. The van der Waals surface area contributed by atoms with Crippen LogP contribution in [0.4, 0.5) is 0 Å². The van der Waals surface area contributed by atoms with Crippen molar-refractivity contribution in [3.05, 3.63) is 24.6 Å². The smallest absolute Gasteiger partial charge is 0.221 e. The van der Waals surface area contributed by atoms with Gasteiger partial charge in [0, 0.05) is 20.3 Å². The number of carbonyl (C=O) groups excluding carboxylic acids is 1. The second-order valence-electron chi connectivity index (χ2n) is 7.29. The van der Waals surface area contributed by atoms with Gasteiger partial charge < -0.3 is 10.6 Å². The van der Waals surface area contributed by atoms with Crippen LogP contribution in [0.1, 0.15) is 85.5 Å². The molecule has 4 nitrogen and oxygen atoms in total. The van der Waals surface area contributed by atoms with Crippen LogP contribution in [0.5, 0.6) is 0 Å². The van der Waals surface area contributed by atoms with Crippen LogP contribution in [0, 0.1) is 0 Å². The van der Waals surface area contributed by atoms with Crippen LogP contribution in [0.2, 0.25) is 0 Å². The third kappa shape index (κ3) is 7.23. The van der Waals surface area contributed by atoms with Crippen molar-refractivity contribution in [3.8, 4) is 0 Å². The fourth-order valence-corrected chi connectivity index (χ4v) is 3.80. The van der Waals surface area contributed by atoms with Gasteiger partial charge in [0.15, 0.2) is 12.3 Å². The standard InChI is InChI=1S/C21H39N3O/c1-5-7-8-9-10-11-12-13-14-15-16-21-22-17-18-24(21,6-2)19(3)23-20(4)25/h8-9,17-19,21-22H,5-7,10-16H2,1-4H3/p+1/b9-8+. The molecule has 0 aliphatic carbocycles. The largest absolute Gasteiger partial charge is 0.338 e. The summed E-state index contributed by atoms with van der Waals surface area (Å²) in [4.78, 5) is 11.4. The Labute approximate surface area is 155 Å². The number of nitrogens with zero attached hydrogens (tertiary/aromatic N) is 1. The van der Waals surface area contributed by atoms with E-state index in [1.807, 2.05) is 0 Å². The predicted octanol–water partition coefficient (Wildman–Crippen LogP) is 4.79. The van der Waals surface area contributed by atoms with Gasteiger partial charge in [-0.15, -0.1) is 0 Å². The number of rotatable bonds is 13. The average Bonchev–Trinajstić information content (AvgIpc) is 3.00. The SMILES string of the molecule is CCC/C=C/CCCCCCCC1NC=C[N+]1(CC)C(C)NC(C)=O. The monoisotopic (exact) mass is 350 g/mol. The van der Waals surface area contributed by atoms with Crippen molar-refractivity contribution in [3.63, 3.8) is 0 Å². The van der Waals surface area contributed by atoms with Crippen LogP contribution in [-0.2, 0) is 4.79 Å². The number of hydrogen-bond acceptors (Lipinski definition) is 2. The molecular formula is C21H40N3O+. The fourth-order valence-electron chi connectivity index (χ4n) is 3.80. The normalized spacial score (nSPS) is 23.8. The summed E-state index contributed by atoms with van der Waals surface area (Å²) in [5.74, 6) is 0.0467. The highest BCUT2D eigenvalue weighted by Crippen LogP contribution is 2.26. The van der Waals surface area contributed by atoms with E-state index in [4.69, 9.17) is 0 Å². The minimum absolute atomic E-state index is 0.0467. The molecule has 4 heteroatoms. The topological polar surface area (TPSA) is 41.1 Å². The zero-order valence-corrected chi connectivity index (χ0v) is 16.9. The molecule has 25 heavy (non-hydrogen) atoms. The molecule has 0 saturated heterocycles. The summed E-state index contributed by atoms with van der Waals surface area (Å²) in [5.41, 5.74) is 0. The first-order valence-corrected chi connectivity index (χ1v) is 10.3. The van der Waals surface area contributed by atoms with Gasteiger partial charge in [0.25, 0.3) is 0 Å². The lowest BCUT2D eigenvalue weighted by molar-refractivity contribution is -0.923. The van der Waals surface area contributed by atoms with Crippen LogP contribution in [0.15, 0.2) is 24.6 Å². The van der Waals surface area contributed by atoms with Crippen LogP contribution >= 0.6 is 0 Å². The number of quaternary nitrogens is 1. The molecule has 0 saturated carbocycles. The van der Waals surface area contributed by atoms with E-state index in [9.17, 15) is 4.79 Å². The van der Waals surface area contributed by atoms with E-state index in [2.05, 4.69) is 56.0 Å². The molecule has 2 N–H and O–H groups in total. The van der Waals surface area contributed by atoms with E-state index in [0.29, 0.717) is 6.17 Å². The lowest BCUT2D eigenvalue weighted by Gasteiger charge is -2.41. The Balaban J connectivity index is 2.26. The van der Waals surface area contributed by atoms with Crippen LogP contribution in [0.25, 0.3) is 0 Å². The summed E-state index contributed by atoms with van der Waals surface area (Å²) in [6.07, 6.45) is 20.8. The number of amides is 1. The summed E-state index contributed by atoms with van der Waals surface area (Å²) in [7, 11) is 0. The number of carbonyl (C=O) groups is 1. The van der Waals surface area contributed by atoms with E-state index in [1.165, 1.54) is 51.4 Å². The minimum atomic E-state index is 0.0467. The molecule has 144 valence electrons. The minimum Gasteiger partial charge on any atom is -0.338 e. The summed E-state index contributed by atoms with van der Waals surface area (Å²) in [6.45, 7) is 9.12. The van der Waals surface area contributed by atoms with Crippen LogP contribution in [-0.4, -0.2) is 29.3 Å². The van der Waals surface area contributed by atoms with E-state index >= 15 is 0 Å². The summed E-state index contributed by atoms with van der Waals surface area (Å²) in [6, 6.07) is 0. The Morgan fingerprint density at radius 3 is 2.52 bits per heavy atom. The number of allylic oxidation sites excluding steroid dienone is 2.